The summed E-state index contributed by atoms with van der Waals surface area (Å²) in [4.78, 5) is 0. The Bertz CT molecular complexity index is 189. The molecule has 0 spiro atoms. The molecule has 1 fully saturated rings. The van der Waals surface area contributed by atoms with Gasteiger partial charge in [0, 0.05) is 12.0 Å². The largest absolute Gasteiger partial charge is 0.310 e. The second kappa shape index (κ2) is 5.29. The second-order valence-electron chi connectivity index (χ2n) is 3.97. The molecule has 13 heavy (non-hydrogen) atoms. The lowest BCUT2D eigenvalue weighted by molar-refractivity contribution is 0.312. The van der Waals surface area contributed by atoms with Crippen LogP contribution in [0, 0.1) is 11.8 Å². The maximum Gasteiger partial charge on any atom is 0.0288 e. The Morgan fingerprint density at radius 2 is 2.15 bits per heavy atom. The van der Waals surface area contributed by atoms with Gasteiger partial charge in [0.05, 0.1) is 0 Å². The van der Waals surface area contributed by atoms with E-state index in [1.54, 1.807) is 0 Å². The molecule has 1 unspecified atom stereocenters. The predicted octanol–water partition coefficient (Wildman–Crippen LogP) is 2.71. The third-order valence-corrected chi connectivity index (χ3v) is 3.11. The number of nitrogens with one attached hydrogen (secondary N) is 1. The van der Waals surface area contributed by atoms with Crippen LogP contribution in [0.1, 0.15) is 52.4 Å². The zero-order valence-electron chi connectivity index (χ0n) is 8.95. The summed E-state index contributed by atoms with van der Waals surface area (Å²) in [6.07, 6.45) is 7.63. The molecule has 1 nitrogen and oxygen atoms in total. The fourth-order valence-corrected chi connectivity index (χ4v) is 2.04. The molecule has 0 aromatic carbocycles. The van der Waals surface area contributed by atoms with E-state index in [4.69, 9.17) is 0 Å². The number of hydrogen-bond donors (Lipinski definition) is 1. The van der Waals surface area contributed by atoms with Crippen molar-refractivity contribution in [2.75, 3.05) is 6.54 Å². The summed E-state index contributed by atoms with van der Waals surface area (Å²) >= 11 is 0. The molecule has 1 heteroatoms. The van der Waals surface area contributed by atoms with Crippen LogP contribution in [-0.4, -0.2) is 12.1 Å². The molecule has 1 aliphatic heterocycles. The second-order valence-corrected chi connectivity index (χ2v) is 3.97. The molecule has 1 rings (SSSR count). The quantitative estimate of drug-likeness (QED) is 0.643. The summed E-state index contributed by atoms with van der Waals surface area (Å²) in [5.41, 5.74) is 0.333. The maximum atomic E-state index is 3.68. The monoisotopic (exact) mass is 179 g/mol. The van der Waals surface area contributed by atoms with E-state index in [9.17, 15) is 0 Å². The van der Waals surface area contributed by atoms with Crippen LogP contribution in [0.25, 0.3) is 0 Å². The lowest BCUT2D eigenvalue weighted by Gasteiger charge is -2.30. The van der Waals surface area contributed by atoms with Crippen LogP contribution in [0.3, 0.4) is 0 Å². The molecular weight excluding hydrogens is 158 g/mol. The minimum absolute atomic E-state index is 0.333. The number of hydrogen-bond acceptors (Lipinski definition) is 1. The van der Waals surface area contributed by atoms with Gasteiger partial charge >= 0.3 is 0 Å². The van der Waals surface area contributed by atoms with Crippen molar-refractivity contribution in [3.8, 4) is 11.8 Å². The Labute approximate surface area is 82.3 Å². The standard InChI is InChI=1S/C12H21N/c1-3-5-9-12(4-2)10-7-6-8-11-13-12/h13H,4,6-11H2,1-2H3. The highest BCUT2D eigenvalue weighted by atomic mass is 15.0. The van der Waals surface area contributed by atoms with Gasteiger partial charge < -0.3 is 5.32 Å². The van der Waals surface area contributed by atoms with Crippen molar-refractivity contribution in [3.63, 3.8) is 0 Å². The van der Waals surface area contributed by atoms with Gasteiger partial charge in [0.25, 0.3) is 0 Å². The van der Waals surface area contributed by atoms with E-state index in [1.165, 1.54) is 38.6 Å². The van der Waals surface area contributed by atoms with Crippen molar-refractivity contribution in [2.45, 2.75) is 57.9 Å². The summed E-state index contributed by atoms with van der Waals surface area (Å²) in [6.45, 7) is 5.38. The lowest BCUT2D eigenvalue weighted by Crippen LogP contribution is -2.43. The molecule has 1 aliphatic rings. The highest BCUT2D eigenvalue weighted by molar-refractivity contribution is 5.04. The molecule has 0 aromatic heterocycles. The van der Waals surface area contributed by atoms with Gasteiger partial charge in [-0.15, -0.1) is 11.8 Å². The van der Waals surface area contributed by atoms with Gasteiger partial charge in [0.2, 0.25) is 0 Å². The molecule has 0 aromatic rings. The summed E-state index contributed by atoms with van der Waals surface area (Å²) in [5, 5.41) is 3.68. The summed E-state index contributed by atoms with van der Waals surface area (Å²) in [5.74, 6) is 6.23. The van der Waals surface area contributed by atoms with Crippen molar-refractivity contribution >= 4 is 0 Å². The molecule has 1 heterocycles. The molecular formula is C12H21N. The third-order valence-electron chi connectivity index (χ3n) is 3.11. The zero-order chi connectivity index (χ0) is 9.57. The van der Waals surface area contributed by atoms with Crippen LogP contribution in [0.15, 0.2) is 0 Å². The zero-order valence-corrected chi connectivity index (χ0v) is 8.95. The van der Waals surface area contributed by atoms with Gasteiger partial charge in [-0.3, -0.25) is 0 Å². The van der Waals surface area contributed by atoms with Gasteiger partial charge in [0.15, 0.2) is 0 Å². The predicted molar refractivity (Wildman–Crippen MR) is 57.6 cm³/mol. The fourth-order valence-electron chi connectivity index (χ4n) is 2.04. The molecule has 1 saturated heterocycles. The van der Waals surface area contributed by atoms with Crippen molar-refractivity contribution in [1.82, 2.24) is 5.32 Å². The van der Waals surface area contributed by atoms with Crippen molar-refractivity contribution in [2.24, 2.45) is 0 Å². The molecule has 0 amide bonds. The van der Waals surface area contributed by atoms with Gasteiger partial charge in [-0.25, -0.2) is 0 Å². The van der Waals surface area contributed by atoms with Crippen molar-refractivity contribution in [1.29, 1.82) is 0 Å². The van der Waals surface area contributed by atoms with Crippen LogP contribution in [0.4, 0.5) is 0 Å². The fraction of sp³-hybridized carbons (Fsp3) is 0.833. The van der Waals surface area contributed by atoms with E-state index < -0.39 is 0 Å². The average Bonchev–Trinajstić information content (AvgIpc) is 2.41. The Morgan fingerprint density at radius 3 is 2.85 bits per heavy atom. The third kappa shape index (κ3) is 3.04. The molecule has 1 N–H and O–H groups in total. The van der Waals surface area contributed by atoms with Gasteiger partial charge in [-0.1, -0.05) is 19.8 Å². The summed E-state index contributed by atoms with van der Waals surface area (Å²) in [7, 11) is 0. The van der Waals surface area contributed by atoms with Crippen LogP contribution >= 0.6 is 0 Å². The molecule has 74 valence electrons. The molecule has 0 bridgehead atoms. The van der Waals surface area contributed by atoms with E-state index >= 15 is 0 Å². The van der Waals surface area contributed by atoms with Crippen LogP contribution in [-0.2, 0) is 0 Å². The lowest BCUT2D eigenvalue weighted by atomic mass is 9.87. The first-order chi connectivity index (χ1) is 6.33. The average molecular weight is 179 g/mol. The van der Waals surface area contributed by atoms with Crippen LogP contribution in [0.5, 0.6) is 0 Å². The molecule has 0 radical (unpaired) electrons. The summed E-state index contributed by atoms with van der Waals surface area (Å²) < 4.78 is 0. The molecule has 1 atom stereocenters. The Kier molecular flexibility index (Phi) is 4.32. The minimum Gasteiger partial charge on any atom is -0.310 e. The highest BCUT2D eigenvalue weighted by Crippen LogP contribution is 2.25. The molecule has 0 saturated carbocycles. The molecule has 0 aliphatic carbocycles. The first-order valence-electron chi connectivity index (χ1n) is 5.47. The van der Waals surface area contributed by atoms with Gasteiger partial charge in [-0.05, 0) is 32.7 Å². The Morgan fingerprint density at radius 1 is 1.31 bits per heavy atom. The van der Waals surface area contributed by atoms with Crippen molar-refractivity contribution < 1.29 is 0 Å². The van der Waals surface area contributed by atoms with Crippen LogP contribution in [0.2, 0.25) is 0 Å². The number of rotatable bonds is 2. The van der Waals surface area contributed by atoms with E-state index in [0.29, 0.717) is 5.54 Å². The SMILES string of the molecule is CC#CCC1(CC)CCCCCN1. The van der Waals surface area contributed by atoms with Gasteiger partial charge in [0.1, 0.15) is 0 Å². The Hall–Kier alpha value is -0.480. The van der Waals surface area contributed by atoms with E-state index in [-0.39, 0.29) is 0 Å². The van der Waals surface area contributed by atoms with Crippen molar-refractivity contribution in [3.05, 3.63) is 0 Å². The highest BCUT2D eigenvalue weighted by Gasteiger charge is 2.27. The first kappa shape index (κ1) is 10.6. The van der Waals surface area contributed by atoms with Crippen LogP contribution < -0.4 is 5.32 Å². The Balaban J connectivity index is 2.57. The maximum absolute atomic E-state index is 3.68. The first-order valence-corrected chi connectivity index (χ1v) is 5.47. The topological polar surface area (TPSA) is 12.0 Å². The smallest absolute Gasteiger partial charge is 0.0288 e. The normalized spacial score (nSPS) is 28.8. The van der Waals surface area contributed by atoms with E-state index in [0.717, 1.165) is 6.42 Å². The minimum atomic E-state index is 0.333. The summed E-state index contributed by atoms with van der Waals surface area (Å²) in [6, 6.07) is 0. The van der Waals surface area contributed by atoms with E-state index in [2.05, 4.69) is 24.1 Å². The van der Waals surface area contributed by atoms with Gasteiger partial charge in [-0.2, -0.15) is 0 Å². The van der Waals surface area contributed by atoms with E-state index in [1.807, 2.05) is 6.92 Å².